The Morgan fingerprint density at radius 1 is 0.547 bits per heavy atom. The summed E-state index contributed by atoms with van der Waals surface area (Å²) >= 11 is 0. The van der Waals surface area contributed by atoms with Gasteiger partial charge in [0.1, 0.15) is 28.7 Å². The van der Waals surface area contributed by atoms with Crippen molar-refractivity contribution in [1.29, 1.82) is 0 Å². The zero-order chi connectivity index (χ0) is 45.4. The Morgan fingerprint density at radius 2 is 0.859 bits per heavy atom. The Balaban J connectivity index is 0.000000191. The Labute approximate surface area is 373 Å². The molecule has 64 heavy (non-hydrogen) atoms. The van der Waals surface area contributed by atoms with Gasteiger partial charge in [0.05, 0.1) is 52.8 Å². The van der Waals surface area contributed by atoms with Crippen molar-refractivity contribution in [3.8, 4) is 23.0 Å². The number of carbonyl (C=O) groups is 1. The Kier molecular flexibility index (Phi) is 14.5. The summed E-state index contributed by atoms with van der Waals surface area (Å²) in [7, 11) is -1.55. The molecule has 0 bridgehead atoms. The number of hydrogen-bond acceptors (Lipinski definition) is 12. The van der Waals surface area contributed by atoms with Gasteiger partial charge in [-0.25, -0.2) is 16.8 Å². The number of benzene rings is 4. The van der Waals surface area contributed by atoms with Crippen LogP contribution >= 0.6 is 0 Å². The second-order valence-electron chi connectivity index (χ2n) is 15.4. The van der Waals surface area contributed by atoms with Gasteiger partial charge >= 0.3 is 0 Å². The van der Waals surface area contributed by atoms with E-state index in [4.69, 9.17) is 18.9 Å². The minimum absolute atomic E-state index is 0.0459. The van der Waals surface area contributed by atoms with Crippen LogP contribution in [0.5, 0.6) is 23.0 Å². The molecule has 2 heterocycles. The summed E-state index contributed by atoms with van der Waals surface area (Å²) in [5, 5.41) is 18.2. The molecule has 0 amide bonds. The number of carbonyl (C=O) groups excluding carboxylic acids is 1. The number of aldehydes is 1. The topological polar surface area (TPSA) is 185 Å². The summed E-state index contributed by atoms with van der Waals surface area (Å²) in [5.41, 5.74) is 4.05. The first kappa shape index (κ1) is 46.0. The number of aromatic nitrogens is 4. The number of ether oxygens (including phenoxy) is 4. The van der Waals surface area contributed by atoms with Crippen molar-refractivity contribution in [1.82, 2.24) is 28.2 Å². The molecular formula is C46H52N6O10S2. The van der Waals surface area contributed by atoms with Crippen molar-refractivity contribution in [2.24, 2.45) is 0 Å². The van der Waals surface area contributed by atoms with E-state index in [2.05, 4.69) is 10.2 Å². The van der Waals surface area contributed by atoms with E-state index in [1.54, 1.807) is 81.7 Å². The largest absolute Gasteiger partial charge is 0.497 e. The minimum Gasteiger partial charge on any atom is -0.497 e. The fraction of sp³-hybridized carbons (Fsp3) is 0.326. The molecule has 0 radical (unpaired) electrons. The van der Waals surface area contributed by atoms with Crippen LogP contribution in [-0.2, 0) is 52.8 Å². The molecule has 8 rings (SSSR count). The minimum atomic E-state index is -3.97. The van der Waals surface area contributed by atoms with Crippen molar-refractivity contribution in [2.75, 3.05) is 28.4 Å². The van der Waals surface area contributed by atoms with Gasteiger partial charge < -0.3 is 24.1 Å². The summed E-state index contributed by atoms with van der Waals surface area (Å²) < 4.78 is 81.2. The van der Waals surface area contributed by atoms with Crippen LogP contribution in [0.4, 0.5) is 0 Å². The van der Waals surface area contributed by atoms with Gasteiger partial charge in [-0.2, -0.15) is 18.8 Å². The van der Waals surface area contributed by atoms with Gasteiger partial charge in [0.2, 0.25) is 0 Å². The van der Waals surface area contributed by atoms with Crippen LogP contribution < -0.4 is 18.9 Å². The van der Waals surface area contributed by atoms with Crippen LogP contribution in [0.2, 0.25) is 0 Å². The van der Waals surface area contributed by atoms with Crippen molar-refractivity contribution in [2.45, 2.75) is 80.6 Å². The lowest BCUT2D eigenvalue weighted by Gasteiger charge is -2.21. The molecule has 338 valence electrons. The molecule has 6 aromatic rings. The summed E-state index contributed by atoms with van der Waals surface area (Å²) in [6, 6.07) is 32.2. The predicted octanol–water partition coefficient (Wildman–Crippen LogP) is 6.56. The maximum Gasteiger partial charge on any atom is 0.263 e. The van der Waals surface area contributed by atoms with Gasteiger partial charge in [-0.3, -0.25) is 14.2 Å². The molecule has 2 aromatic heterocycles. The van der Waals surface area contributed by atoms with E-state index in [-0.39, 0.29) is 60.6 Å². The Bertz CT molecular complexity index is 2620. The molecule has 0 unspecified atom stereocenters. The molecule has 0 aliphatic heterocycles. The maximum atomic E-state index is 13.6. The summed E-state index contributed by atoms with van der Waals surface area (Å²) in [5.74, 6) is 2.79. The normalized spacial score (nSPS) is 13.9. The van der Waals surface area contributed by atoms with Crippen LogP contribution in [0.15, 0.2) is 119 Å². The average molecular weight is 913 g/mol. The number of aliphatic hydroxyl groups excluding tert-OH is 1. The number of nitrogens with zero attached hydrogens (tertiary/aromatic N) is 6. The highest BCUT2D eigenvalue weighted by Gasteiger charge is 2.34. The van der Waals surface area contributed by atoms with Crippen LogP contribution in [-0.4, -0.2) is 84.8 Å². The van der Waals surface area contributed by atoms with Gasteiger partial charge in [0.25, 0.3) is 20.0 Å². The van der Waals surface area contributed by atoms with Crippen molar-refractivity contribution in [3.05, 3.63) is 143 Å². The quantitative estimate of drug-likeness (QED) is 0.0816. The molecule has 2 saturated carbocycles. The molecule has 0 atom stereocenters. The maximum absolute atomic E-state index is 13.6. The first-order chi connectivity index (χ1) is 30.9. The number of sulfonamides is 2. The highest BCUT2D eigenvalue weighted by atomic mass is 32.2. The monoisotopic (exact) mass is 912 g/mol. The van der Waals surface area contributed by atoms with E-state index in [0.717, 1.165) is 47.9 Å². The van der Waals surface area contributed by atoms with Crippen LogP contribution in [0.3, 0.4) is 0 Å². The molecule has 0 saturated heterocycles. The fourth-order valence-electron chi connectivity index (χ4n) is 6.95. The highest BCUT2D eigenvalue weighted by Crippen LogP contribution is 2.37. The molecule has 16 nitrogen and oxygen atoms in total. The lowest BCUT2D eigenvalue weighted by atomic mass is 10.2. The zero-order valence-corrected chi connectivity index (χ0v) is 37.7. The van der Waals surface area contributed by atoms with E-state index in [9.17, 15) is 26.7 Å². The SMILES string of the molecule is COc1ccc(CN(Cc2ccc(OC)cc2)S(=O)(=O)c2cc(C=O)n(C3CC3)n2)cc1.COc1ccc(CN(Cc2ccc(OC)cc2)S(=O)(=O)c2cc(CO)n(C3CC3)n2)cc1. The second-order valence-corrected chi connectivity index (χ2v) is 19.2. The van der Waals surface area contributed by atoms with Gasteiger partial charge in [0.15, 0.2) is 16.3 Å². The van der Waals surface area contributed by atoms with E-state index >= 15 is 0 Å². The van der Waals surface area contributed by atoms with E-state index in [1.165, 1.54) is 25.4 Å². The van der Waals surface area contributed by atoms with Crippen LogP contribution in [0.25, 0.3) is 0 Å². The van der Waals surface area contributed by atoms with Gasteiger partial charge in [-0.15, -0.1) is 0 Å². The van der Waals surface area contributed by atoms with Crippen molar-refractivity contribution >= 4 is 26.3 Å². The molecule has 4 aromatic carbocycles. The molecular weight excluding hydrogens is 861 g/mol. The lowest BCUT2D eigenvalue weighted by molar-refractivity contribution is 0.111. The number of rotatable bonds is 20. The predicted molar refractivity (Wildman–Crippen MR) is 237 cm³/mol. The van der Waals surface area contributed by atoms with E-state index in [1.807, 2.05) is 48.5 Å². The van der Waals surface area contributed by atoms with Crippen LogP contribution in [0, 0.1) is 0 Å². The average Bonchev–Trinajstić information content (AvgIpc) is 4.27. The number of hydrogen-bond donors (Lipinski definition) is 1. The Hall–Kier alpha value is -6.05. The third-order valence-electron chi connectivity index (χ3n) is 10.9. The van der Waals surface area contributed by atoms with Crippen molar-refractivity contribution in [3.63, 3.8) is 0 Å². The molecule has 2 aliphatic rings. The zero-order valence-electron chi connectivity index (χ0n) is 36.1. The van der Waals surface area contributed by atoms with Gasteiger partial charge in [0, 0.05) is 38.3 Å². The summed E-state index contributed by atoms with van der Waals surface area (Å²) in [4.78, 5) is 11.5. The molecule has 1 N–H and O–H groups in total. The first-order valence-electron chi connectivity index (χ1n) is 20.6. The van der Waals surface area contributed by atoms with Gasteiger partial charge in [-0.1, -0.05) is 48.5 Å². The summed E-state index contributed by atoms with van der Waals surface area (Å²) in [6.45, 7) is 0.373. The first-order valence-corrected chi connectivity index (χ1v) is 23.5. The third kappa shape index (κ3) is 11.0. The van der Waals surface area contributed by atoms with Crippen molar-refractivity contribution < 1.29 is 45.7 Å². The standard InChI is InChI=1S/C23H27N3O5S.C23H25N3O5S/c2*1-30-21-9-3-17(4-10-21)14-25(15-18-5-11-22(31-2)12-6-18)32(28,29)23-13-20(16-27)26(24-23)19-7-8-19/h3-6,9-13,19,27H,7-8,14-16H2,1-2H3;3-6,9-13,16,19H,7-8,14-15H2,1-2H3. The fourth-order valence-corrected chi connectivity index (χ4v) is 9.70. The van der Waals surface area contributed by atoms with E-state index < -0.39 is 20.0 Å². The number of aliphatic hydroxyl groups is 1. The molecule has 2 aliphatic carbocycles. The van der Waals surface area contributed by atoms with E-state index in [0.29, 0.717) is 35.0 Å². The lowest BCUT2D eigenvalue weighted by Crippen LogP contribution is -2.30. The molecule has 2 fully saturated rings. The van der Waals surface area contributed by atoms with Crippen LogP contribution in [0.1, 0.15) is 76.2 Å². The molecule has 0 spiro atoms. The highest BCUT2D eigenvalue weighted by molar-refractivity contribution is 7.89. The summed E-state index contributed by atoms with van der Waals surface area (Å²) in [6.07, 6.45) is 4.32. The third-order valence-corrected chi connectivity index (χ3v) is 14.2. The Morgan fingerprint density at radius 3 is 1.16 bits per heavy atom. The van der Waals surface area contributed by atoms with Gasteiger partial charge in [-0.05, 0) is 96.5 Å². The second kappa shape index (κ2) is 20.2. The number of methoxy groups -OCH3 is 4. The smallest absolute Gasteiger partial charge is 0.263 e. The molecule has 18 heteroatoms.